The quantitative estimate of drug-likeness (QED) is 0.692. The van der Waals surface area contributed by atoms with E-state index in [1.54, 1.807) is 41.2 Å². The van der Waals surface area contributed by atoms with Gasteiger partial charge >= 0.3 is 0 Å². The molecule has 0 atom stereocenters. The summed E-state index contributed by atoms with van der Waals surface area (Å²) < 4.78 is 6.91. The lowest BCUT2D eigenvalue weighted by atomic mass is 10.2. The van der Waals surface area contributed by atoms with Crippen LogP contribution in [0.1, 0.15) is 27.8 Å². The molecule has 26 heavy (non-hydrogen) atoms. The lowest BCUT2D eigenvalue weighted by Crippen LogP contribution is -2.41. The van der Waals surface area contributed by atoms with Crippen molar-refractivity contribution in [3.63, 3.8) is 0 Å². The molecule has 0 aliphatic rings. The van der Waals surface area contributed by atoms with E-state index in [1.807, 2.05) is 37.3 Å². The van der Waals surface area contributed by atoms with Gasteiger partial charge in [0.05, 0.1) is 12.3 Å². The second-order valence-corrected chi connectivity index (χ2v) is 5.35. The number of rotatable bonds is 5. The number of nitrogens with one attached hydrogen (secondary N) is 2. The first-order valence-electron chi connectivity index (χ1n) is 8.12. The van der Waals surface area contributed by atoms with Crippen LogP contribution in [0.2, 0.25) is 0 Å². The molecular weight excluding hydrogens is 332 g/mol. The third-order valence-corrected chi connectivity index (χ3v) is 3.56. The second-order valence-electron chi connectivity index (χ2n) is 5.35. The van der Waals surface area contributed by atoms with Crippen LogP contribution >= 0.6 is 0 Å². The summed E-state index contributed by atoms with van der Waals surface area (Å²) in [5.41, 5.74) is 6.16. The van der Waals surface area contributed by atoms with Crippen molar-refractivity contribution in [3.05, 3.63) is 78.1 Å². The van der Waals surface area contributed by atoms with Crippen molar-refractivity contribution in [2.45, 2.75) is 6.92 Å². The van der Waals surface area contributed by atoms with Gasteiger partial charge in [0.1, 0.15) is 5.75 Å². The van der Waals surface area contributed by atoms with Crippen LogP contribution in [-0.2, 0) is 0 Å². The summed E-state index contributed by atoms with van der Waals surface area (Å²) >= 11 is 0. The molecule has 0 aliphatic carbocycles. The smallest absolute Gasteiger partial charge is 0.290 e. The molecule has 0 bridgehead atoms. The summed E-state index contributed by atoms with van der Waals surface area (Å²) in [5, 5.41) is 4.20. The number of carbonyl (C=O) groups excluding carboxylic acids is 2. The van der Waals surface area contributed by atoms with Gasteiger partial charge in [-0.25, -0.2) is 4.68 Å². The molecule has 3 aromatic rings. The Bertz CT molecular complexity index is 889. The Kier molecular flexibility index (Phi) is 5.28. The van der Waals surface area contributed by atoms with Gasteiger partial charge < -0.3 is 4.74 Å². The number of carbonyl (C=O) groups is 2. The van der Waals surface area contributed by atoms with Crippen molar-refractivity contribution in [2.24, 2.45) is 0 Å². The summed E-state index contributed by atoms with van der Waals surface area (Å²) in [6, 6.07) is 17.6. The highest BCUT2D eigenvalue weighted by atomic mass is 16.5. The van der Waals surface area contributed by atoms with Gasteiger partial charge in [-0.2, -0.15) is 5.10 Å². The van der Waals surface area contributed by atoms with E-state index >= 15 is 0 Å². The predicted molar refractivity (Wildman–Crippen MR) is 96.1 cm³/mol. The molecule has 3 rings (SSSR count). The zero-order valence-electron chi connectivity index (χ0n) is 14.2. The Balaban J connectivity index is 1.58. The van der Waals surface area contributed by atoms with Crippen molar-refractivity contribution >= 4 is 11.8 Å². The Morgan fingerprint density at radius 2 is 1.65 bits per heavy atom. The fourth-order valence-corrected chi connectivity index (χ4v) is 2.29. The van der Waals surface area contributed by atoms with Crippen LogP contribution in [0.5, 0.6) is 5.75 Å². The van der Waals surface area contributed by atoms with E-state index in [-0.39, 0.29) is 5.69 Å². The molecule has 2 N–H and O–H groups in total. The van der Waals surface area contributed by atoms with Crippen LogP contribution in [-0.4, -0.2) is 28.2 Å². The van der Waals surface area contributed by atoms with Crippen molar-refractivity contribution in [3.8, 4) is 11.4 Å². The van der Waals surface area contributed by atoms with Crippen molar-refractivity contribution in [1.29, 1.82) is 0 Å². The molecule has 1 aromatic heterocycles. The Labute approximate surface area is 150 Å². The van der Waals surface area contributed by atoms with Gasteiger partial charge in [-0.05, 0) is 49.4 Å². The third kappa shape index (κ3) is 4.07. The minimum atomic E-state index is -0.501. The largest absolute Gasteiger partial charge is 0.494 e. The van der Waals surface area contributed by atoms with E-state index in [2.05, 4.69) is 16.0 Å². The topological polar surface area (TPSA) is 85.3 Å². The second kappa shape index (κ2) is 7.98. The van der Waals surface area contributed by atoms with Gasteiger partial charge in [0.2, 0.25) is 0 Å². The SMILES string of the molecule is CCOc1ccc(C(=O)NNC(=O)c2ccn(-c3ccccc3)n2)cc1. The molecule has 7 heteroatoms. The average Bonchev–Trinajstić information content (AvgIpc) is 3.18. The van der Waals surface area contributed by atoms with Crippen molar-refractivity contribution < 1.29 is 14.3 Å². The van der Waals surface area contributed by atoms with Gasteiger partial charge in [-0.3, -0.25) is 20.4 Å². The summed E-state index contributed by atoms with van der Waals surface area (Å²) in [6.45, 7) is 2.44. The molecule has 0 saturated carbocycles. The maximum Gasteiger partial charge on any atom is 0.290 e. The Hall–Kier alpha value is -3.61. The van der Waals surface area contributed by atoms with Crippen LogP contribution in [0.4, 0.5) is 0 Å². The third-order valence-electron chi connectivity index (χ3n) is 3.56. The van der Waals surface area contributed by atoms with Gasteiger partial charge in [0.15, 0.2) is 5.69 Å². The number of hydrogen-bond donors (Lipinski definition) is 2. The van der Waals surface area contributed by atoms with Crippen LogP contribution in [0.3, 0.4) is 0 Å². The molecule has 2 aromatic carbocycles. The van der Waals surface area contributed by atoms with Crippen LogP contribution in [0.25, 0.3) is 5.69 Å². The zero-order valence-corrected chi connectivity index (χ0v) is 14.2. The predicted octanol–water partition coefficient (Wildman–Crippen LogP) is 2.35. The highest BCUT2D eigenvalue weighted by Gasteiger charge is 2.12. The lowest BCUT2D eigenvalue weighted by molar-refractivity contribution is 0.0843. The maximum absolute atomic E-state index is 12.1. The minimum Gasteiger partial charge on any atom is -0.494 e. The van der Waals surface area contributed by atoms with E-state index < -0.39 is 11.8 Å². The lowest BCUT2D eigenvalue weighted by Gasteiger charge is -2.07. The highest BCUT2D eigenvalue weighted by Crippen LogP contribution is 2.12. The number of hydrazine groups is 1. The molecule has 0 fully saturated rings. The summed E-state index contributed by atoms with van der Waals surface area (Å²) in [4.78, 5) is 24.2. The first-order chi connectivity index (χ1) is 12.7. The first kappa shape index (κ1) is 17.2. The number of amides is 2. The Morgan fingerprint density at radius 1 is 0.962 bits per heavy atom. The van der Waals surface area contributed by atoms with E-state index in [4.69, 9.17) is 4.74 Å². The summed E-state index contributed by atoms with van der Waals surface area (Å²) in [6.07, 6.45) is 1.68. The van der Waals surface area contributed by atoms with Gasteiger partial charge in [-0.1, -0.05) is 18.2 Å². The molecule has 2 amide bonds. The number of hydrogen-bond acceptors (Lipinski definition) is 4. The van der Waals surface area contributed by atoms with Gasteiger partial charge in [0, 0.05) is 11.8 Å². The molecule has 0 saturated heterocycles. The maximum atomic E-state index is 12.1. The van der Waals surface area contributed by atoms with E-state index in [0.717, 1.165) is 5.69 Å². The number of para-hydroxylation sites is 1. The van der Waals surface area contributed by atoms with Crippen LogP contribution in [0.15, 0.2) is 66.9 Å². The zero-order chi connectivity index (χ0) is 18.4. The van der Waals surface area contributed by atoms with E-state index in [1.165, 1.54) is 0 Å². The Morgan fingerprint density at radius 3 is 2.35 bits per heavy atom. The molecule has 1 heterocycles. The van der Waals surface area contributed by atoms with E-state index in [9.17, 15) is 9.59 Å². The number of aromatic nitrogens is 2. The summed E-state index contributed by atoms with van der Waals surface area (Å²) in [5.74, 6) is -0.248. The van der Waals surface area contributed by atoms with Gasteiger partial charge in [0.25, 0.3) is 11.8 Å². The first-order valence-corrected chi connectivity index (χ1v) is 8.12. The fraction of sp³-hybridized carbons (Fsp3) is 0.105. The molecule has 0 radical (unpaired) electrons. The van der Waals surface area contributed by atoms with Crippen molar-refractivity contribution in [2.75, 3.05) is 6.61 Å². The van der Waals surface area contributed by atoms with E-state index in [0.29, 0.717) is 17.9 Å². The number of nitrogens with zero attached hydrogens (tertiary/aromatic N) is 2. The van der Waals surface area contributed by atoms with Crippen molar-refractivity contribution in [1.82, 2.24) is 20.6 Å². The molecular formula is C19H18N4O3. The normalized spacial score (nSPS) is 10.2. The molecule has 0 unspecified atom stereocenters. The number of ether oxygens (including phenoxy) is 1. The highest BCUT2D eigenvalue weighted by molar-refractivity contribution is 5.98. The molecule has 7 nitrogen and oxygen atoms in total. The molecule has 132 valence electrons. The average molecular weight is 350 g/mol. The standard InChI is InChI=1S/C19H18N4O3/c1-2-26-16-10-8-14(9-11-16)18(24)20-21-19(25)17-12-13-23(22-17)15-6-4-3-5-7-15/h3-13H,2H2,1H3,(H,20,24)(H,21,25). The number of benzene rings is 2. The van der Waals surface area contributed by atoms with Gasteiger partial charge in [-0.15, -0.1) is 0 Å². The fourth-order valence-electron chi connectivity index (χ4n) is 2.29. The monoisotopic (exact) mass is 350 g/mol. The molecule has 0 spiro atoms. The minimum absolute atomic E-state index is 0.195. The molecule has 0 aliphatic heterocycles. The van der Waals surface area contributed by atoms with Crippen LogP contribution < -0.4 is 15.6 Å². The van der Waals surface area contributed by atoms with Crippen LogP contribution in [0, 0.1) is 0 Å². The summed E-state index contributed by atoms with van der Waals surface area (Å²) in [7, 11) is 0.